The van der Waals surface area contributed by atoms with Crippen molar-refractivity contribution >= 4 is 44.9 Å². The molecule has 3 nitrogen and oxygen atoms in total. The zero-order chi connectivity index (χ0) is 22.8. The van der Waals surface area contributed by atoms with Gasteiger partial charge >= 0.3 is 5.97 Å². The van der Waals surface area contributed by atoms with Crippen molar-refractivity contribution in [3.63, 3.8) is 0 Å². The number of esters is 1. The number of thiophene rings is 1. The predicted octanol–water partition coefficient (Wildman–Crippen LogP) is 6.71. The summed E-state index contributed by atoms with van der Waals surface area (Å²) in [6.45, 7) is 2.05. The molecule has 166 valence electrons. The van der Waals surface area contributed by atoms with Crippen LogP contribution in [0.15, 0.2) is 89.1 Å². The number of carbonyl (C=O) groups excluding carboxylic acids is 2. The molecule has 0 amide bonds. The molecule has 0 saturated carbocycles. The van der Waals surface area contributed by atoms with Crippen LogP contribution in [0.2, 0.25) is 0 Å². The van der Waals surface area contributed by atoms with E-state index >= 15 is 0 Å². The molecule has 2 atom stereocenters. The van der Waals surface area contributed by atoms with Gasteiger partial charge in [0.05, 0.1) is 10.6 Å². The topological polar surface area (TPSA) is 43.4 Å². The van der Waals surface area contributed by atoms with Crippen molar-refractivity contribution in [2.24, 2.45) is 0 Å². The molecule has 1 aliphatic heterocycles. The maximum absolute atomic E-state index is 13.4. The fraction of sp³-hybridized carbons (Fsp3) is 0.214. The highest BCUT2D eigenvalue weighted by molar-refractivity contribution is 8.03. The van der Waals surface area contributed by atoms with Crippen LogP contribution in [0.5, 0.6) is 0 Å². The van der Waals surface area contributed by atoms with Gasteiger partial charge in [0, 0.05) is 4.70 Å². The van der Waals surface area contributed by atoms with Crippen molar-refractivity contribution in [2.75, 3.05) is 0 Å². The zero-order valence-electron chi connectivity index (χ0n) is 18.3. The van der Waals surface area contributed by atoms with Gasteiger partial charge < -0.3 is 4.74 Å². The fourth-order valence-corrected chi connectivity index (χ4v) is 7.00. The van der Waals surface area contributed by atoms with E-state index in [1.54, 1.807) is 11.3 Å². The van der Waals surface area contributed by atoms with Crippen LogP contribution in [0.1, 0.15) is 29.5 Å². The van der Waals surface area contributed by atoms with Gasteiger partial charge in [-0.05, 0) is 47.9 Å². The summed E-state index contributed by atoms with van der Waals surface area (Å²) in [5.41, 5.74) is 2.22. The van der Waals surface area contributed by atoms with E-state index in [1.165, 1.54) is 17.1 Å². The molecule has 0 aliphatic carbocycles. The monoisotopic (exact) mass is 472 g/mol. The summed E-state index contributed by atoms with van der Waals surface area (Å²) in [7, 11) is 0. The number of ketones is 1. The molecule has 2 heterocycles. The normalized spacial score (nSPS) is 20.7. The van der Waals surface area contributed by atoms with Gasteiger partial charge in [-0.25, -0.2) is 0 Å². The number of ether oxygens (including phenoxy) is 1. The first-order valence-electron chi connectivity index (χ1n) is 11.1. The summed E-state index contributed by atoms with van der Waals surface area (Å²) in [4.78, 5) is 26.7. The van der Waals surface area contributed by atoms with E-state index in [0.29, 0.717) is 6.42 Å². The average Bonchev–Trinajstić information content (AvgIpc) is 3.17. The predicted molar refractivity (Wildman–Crippen MR) is 135 cm³/mol. The molecule has 5 heteroatoms. The third-order valence-electron chi connectivity index (χ3n) is 6.25. The smallest absolute Gasteiger partial charge is 0.328 e. The first-order chi connectivity index (χ1) is 16.1. The quantitative estimate of drug-likeness (QED) is 0.231. The Kier molecular flexibility index (Phi) is 6.09. The van der Waals surface area contributed by atoms with Crippen LogP contribution in [0, 0.1) is 6.92 Å². The summed E-state index contributed by atoms with van der Waals surface area (Å²) >= 11 is 2.97. The van der Waals surface area contributed by atoms with Crippen LogP contribution in [-0.4, -0.2) is 17.0 Å². The number of rotatable bonds is 6. The zero-order valence-corrected chi connectivity index (χ0v) is 20.0. The van der Waals surface area contributed by atoms with Crippen molar-refractivity contribution in [2.45, 2.75) is 41.2 Å². The van der Waals surface area contributed by atoms with Gasteiger partial charge in [0.1, 0.15) is 5.60 Å². The largest absolute Gasteiger partial charge is 0.453 e. The molecule has 1 aliphatic rings. The summed E-state index contributed by atoms with van der Waals surface area (Å²) < 4.78 is 8.34. The van der Waals surface area contributed by atoms with Crippen LogP contribution in [0.25, 0.3) is 10.1 Å². The highest BCUT2D eigenvalue weighted by atomic mass is 32.2. The van der Waals surface area contributed by atoms with E-state index in [9.17, 15) is 9.59 Å². The first kappa shape index (κ1) is 21.9. The maximum atomic E-state index is 13.4. The summed E-state index contributed by atoms with van der Waals surface area (Å²) in [6, 6.07) is 28.0. The fourth-order valence-electron chi connectivity index (χ4n) is 4.45. The Balaban J connectivity index is 1.42. The van der Waals surface area contributed by atoms with E-state index in [-0.39, 0.29) is 12.2 Å². The van der Waals surface area contributed by atoms with E-state index in [2.05, 4.69) is 24.3 Å². The molecule has 0 bridgehead atoms. The molecule has 3 aromatic carbocycles. The van der Waals surface area contributed by atoms with Crippen LogP contribution in [0.4, 0.5) is 0 Å². The molecule has 4 aromatic rings. The van der Waals surface area contributed by atoms with Crippen molar-refractivity contribution in [1.29, 1.82) is 0 Å². The Morgan fingerprint density at radius 2 is 1.61 bits per heavy atom. The van der Waals surface area contributed by atoms with Gasteiger partial charge in [0.15, 0.2) is 11.0 Å². The van der Waals surface area contributed by atoms with E-state index < -0.39 is 16.8 Å². The molecule has 0 spiro atoms. The lowest BCUT2D eigenvalue weighted by molar-refractivity contribution is -0.171. The van der Waals surface area contributed by atoms with Gasteiger partial charge in [-0.2, -0.15) is 0 Å². The van der Waals surface area contributed by atoms with Gasteiger partial charge in [0.2, 0.25) is 0 Å². The molecule has 1 saturated heterocycles. The average molecular weight is 473 g/mol. The number of fused-ring (bicyclic) bond motifs is 1. The van der Waals surface area contributed by atoms with E-state index in [4.69, 9.17) is 4.74 Å². The molecular formula is C28H24O3S2. The van der Waals surface area contributed by atoms with Gasteiger partial charge in [0.25, 0.3) is 0 Å². The maximum Gasteiger partial charge on any atom is 0.328 e. The summed E-state index contributed by atoms with van der Waals surface area (Å²) in [5.74, 6) is -0.505. The number of aryl methyl sites for hydroxylation is 2. The Bertz CT molecular complexity index is 1280. The Morgan fingerprint density at radius 1 is 0.939 bits per heavy atom. The van der Waals surface area contributed by atoms with Gasteiger partial charge in [-0.1, -0.05) is 90.6 Å². The molecule has 1 fully saturated rings. The standard InChI is InChI=1S/C28H24O3S2/c1-19-22-14-8-9-15-24(22)32-27(19)33-25-23(29)18-28(31-26(25)30,21-12-6-3-7-13-21)17-16-20-10-4-2-5-11-20/h2-15,25H,16-18H2,1H3. The lowest BCUT2D eigenvalue weighted by atomic mass is 9.81. The Labute approximate surface area is 201 Å². The molecule has 5 rings (SSSR count). The van der Waals surface area contributed by atoms with Crippen LogP contribution < -0.4 is 0 Å². The minimum Gasteiger partial charge on any atom is -0.453 e. The molecule has 0 N–H and O–H groups in total. The Morgan fingerprint density at radius 3 is 2.30 bits per heavy atom. The third kappa shape index (κ3) is 4.35. The number of thioether (sulfide) groups is 1. The molecule has 0 radical (unpaired) electrons. The second-order valence-corrected chi connectivity index (χ2v) is 10.8. The van der Waals surface area contributed by atoms with Crippen molar-refractivity contribution in [3.8, 4) is 0 Å². The summed E-state index contributed by atoms with van der Waals surface area (Å²) in [5, 5.41) is 0.341. The van der Waals surface area contributed by atoms with E-state index in [1.807, 2.05) is 67.6 Å². The minimum atomic E-state index is -0.933. The van der Waals surface area contributed by atoms with Crippen LogP contribution in [0.3, 0.4) is 0 Å². The molecular weight excluding hydrogens is 448 g/mol. The van der Waals surface area contributed by atoms with Crippen molar-refractivity contribution < 1.29 is 14.3 Å². The van der Waals surface area contributed by atoms with Crippen molar-refractivity contribution in [1.82, 2.24) is 0 Å². The number of carbonyl (C=O) groups is 2. The van der Waals surface area contributed by atoms with Crippen molar-refractivity contribution in [3.05, 3.63) is 102 Å². The minimum absolute atomic E-state index is 0.0648. The van der Waals surface area contributed by atoms with Gasteiger partial charge in [-0.15, -0.1) is 11.3 Å². The van der Waals surface area contributed by atoms with Crippen LogP contribution >= 0.6 is 23.1 Å². The molecule has 33 heavy (non-hydrogen) atoms. The molecule has 1 aromatic heterocycles. The number of benzene rings is 3. The SMILES string of the molecule is Cc1c(SC2C(=O)CC(CCc3ccccc3)(c3ccccc3)OC2=O)sc2ccccc12. The highest BCUT2D eigenvalue weighted by Gasteiger charge is 2.48. The first-order valence-corrected chi connectivity index (χ1v) is 12.8. The number of hydrogen-bond donors (Lipinski definition) is 0. The lowest BCUT2D eigenvalue weighted by Crippen LogP contribution is -2.47. The van der Waals surface area contributed by atoms with Crippen LogP contribution in [-0.2, 0) is 26.3 Å². The second-order valence-electron chi connectivity index (χ2n) is 8.42. The Hall–Kier alpha value is -2.89. The summed E-state index contributed by atoms with van der Waals surface area (Å²) in [6.07, 6.45) is 1.48. The van der Waals surface area contributed by atoms with Gasteiger partial charge in [-0.3, -0.25) is 9.59 Å². The molecule has 2 unspecified atom stereocenters. The number of Topliss-reactive ketones (excluding diaryl/α,β-unsaturated/α-hetero) is 1. The number of cyclic esters (lactones) is 1. The second kappa shape index (κ2) is 9.16. The highest BCUT2D eigenvalue weighted by Crippen LogP contribution is 2.45. The third-order valence-corrected chi connectivity index (χ3v) is 9.06. The number of hydrogen-bond acceptors (Lipinski definition) is 5. The lowest BCUT2D eigenvalue weighted by Gasteiger charge is -2.39. The van der Waals surface area contributed by atoms with E-state index in [0.717, 1.165) is 32.0 Å².